The van der Waals surface area contributed by atoms with Gasteiger partial charge in [-0.1, -0.05) is 42.8 Å². The van der Waals surface area contributed by atoms with Gasteiger partial charge in [-0.25, -0.2) is 0 Å². The number of carbonyl (C=O) groups is 1. The van der Waals surface area contributed by atoms with Gasteiger partial charge >= 0.3 is 0 Å². The molecule has 1 amide bonds. The van der Waals surface area contributed by atoms with Crippen LogP contribution in [0.2, 0.25) is 0 Å². The number of amides is 1. The van der Waals surface area contributed by atoms with Gasteiger partial charge in [0, 0.05) is 19.5 Å². The first-order chi connectivity index (χ1) is 13.6. The second kappa shape index (κ2) is 10.3. The quantitative estimate of drug-likeness (QED) is 0.743. The molecule has 3 rings (SSSR count). The Bertz CT molecular complexity index is 751. The van der Waals surface area contributed by atoms with Crippen molar-refractivity contribution >= 4 is 5.91 Å². The summed E-state index contributed by atoms with van der Waals surface area (Å²) in [7, 11) is 0. The number of likely N-dealkylation sites (tertiary alicyclic amines) is 1. The summed E-state index contributed by atoms with van der Waals surface area (Å²) in [5.41, 5.74) is 3.56. The van der Waals surface area contributed by atoms with Crippen LogP contribution in [0.3, 0.4) is 0 Å². The lowest BCUT2D eigenvalue weighted by atomic mass is 10.0. The fourth-order valence-corrected chi connectivity index (χ4v) is 3.83. The second-order valence-corrected chi connectivity index (χ2v) is 7.78. The van der Waals surface area contributed by atoms with Gasteiger partial charge in [0.15, 0.2) is 0 Å². The highest BCUT2D eigenvalue weighted by molar-refractivity contribution is 5.73. The smallest absolute Gasteiger partial charge is 0.217 e. The van der Waals surface area contributed by atoms with Crippen molar-refractivity contribution in [2.75, 3.05) is 26.2 Å². The molecule has 4 nitrogen and oxygen atoms in total. The molecule has 150 valence electrons. The van der Waals surface area contributed by atoms with Crippen LogP contribution < -0.4 is 10.1 Å². The predicted octanol–water partition coefficient (Wildman–Crippen LogP) is 4.29. The molecule has 2 aromatic rings. The molecule has 1 aliphatic heterocycles. The molecule has 4 heteroatoms. The first-order valence-corrected chi connectivity index (χ1v) is 10.4. The Kier molecular flexibility index (Phi) is 7.49. The van der Waals surface area contributed by atoms with Gasteiger partial charge in [0.1, 0.15) is 12.4 Å². The molecule has 2 aromatic carbocycles. The minimum Gasteiger partial charge on any atom is -0.492 e. The molecule has 0 aliphatic carbocycles. The van der Waals surface area contributed by atoms with E-state index in [1.165, 1.54) is 43.5 Å². The third-order valence-corrected chi connectivity index (χ3v) is 5.24. The second-order valence-electron chi connectivity index (χ2n) is 7.78. The van der Waals surface area contributed by atoms with Gasteiger partial charge in [-0.15, -0.1) is 0 Å². The summed E-state index contributed by atoms with van der Waals surface area (Å²) in [6, 6.07) is 17.0. The summed E-state index contributed by atoms with van der Waals surface area (Å²) < 4.78 is 6.00. The van der Waals surface area contributed by atoms with E-state index >= 15 is 0 Å². The number of nitrogens with zero attached hydrogens (tertiary/aromatic N) is 1. The number of benzene rings is 2. The third-order valence-electron chi connectivity index (χ3n) is 5.24. The summed E-state index contributed by atoms with van der Waals surface area (Å²) in [5.74, 6) is 0.944. The standard InChI is InChI=1S/C24H32N2O2/c1-19(25-20(2)27)17-21-9-11-22(12-10-21)23-7-6-8-24(18-23)28-16-15-26-13-4-3-5-14-26/h6-12,18-19H,3-5,13-17H2,1-2H3,(H,25,27). The van der Waals surface area contributed by atoms with E-state index in [0.29, 0.717) is 0 Å². The molecule has 1 saturated heterocycles. The van der Waals surface area contributed by atoms with E-state index in [0.717, 1.165) is 30.9 Å². The zero-order valence-electron chi connectivity index (χ0n) is 17.1. The van der Waals surface area contributed by atoms with Gasteiger partial charge in [-0.2, -0.15) is 0 Å². The van der Waals surface area contributed by atoms with E-state index < -0.39 is 0 Å². The van der Waals surface area contributed by atoms with Crippen LogP contribution in [-0.2, 0) is 11.2 Å². The van der Waals surface area contributed by atoms with Crippen LogP contribution in [0.1, 0.15) is 38.7 Å². The Hall–Kier alpha value is -2.33. The van der Waals surface area contributed by atoms with Gasteiger partial charge in [0.05, 0.1) is 0 Å². The average Bonchev–Trinajstić information content (AvgIpc) is 2.69. The molecular formula is C24H32N2O2. The number of piperidine rings is 1. The van der Waals surface area contributed by atoms with Crippen LogP contribution in [-0.4, -0.2) is 43.1 Å². The topological polar surface area (TPSA) is 41.6 Å². The van der Waals surface area contributed by atoms with Crippen molar-refractivity contribution in [3.05, 3.63) is 54.1 Å². The molecular weight excluding hydrogens is 348 g/mol. The van der Waals surface area contributed by atoms with Gasteiger partial charge in [-0.3, -0.25) is 9.69 Å². The highest BCUT2D eigenvalue weighted by Gasteiger charge is 2.10. The van der Waals surface area contributed by atoms with Crippen molar-refractivity contribution in [3.63, 3.8) is 0 Å². The van der Waals surface area contributed by atoms with Crippen LogP contribution in [0.5, 0.6) is 5.75 Å². The highest BCUT2D eigenvalue weighted by atomic mass is 16.5. The van der Waals surface area contributed by atoms with Crippen LogP contribution in [0.25, 0.3) is 11.1 Å². The van der Waals surface area contributed by atoms with Crippen LogP contribution in [0.15, 0.2) is 48.5 Å². The summed E-state index contributed by atoms with van der Waals surface area (Å²) >= 11 is 0. The van der Waals surface area contributed by atoms with Gasteiger partial charge in [-0.05, 0) is 68.1 Å². The molecule has 0 bridgehead atoms. The zero-order valence-corrected chi connectivity index (χ0v) is 17.1. The predicted molar refractivity (Wildman–Crippen MR) is 115 cm³/mol. The Balaban J connectivity index is 1.54. The third kappa shape index (κ3) is 6.38. The van der Waals surface area contributed by atoms with E-state index in [-0.39, 0.29) is 11.9 Å². The van der Waals surface area contributed by atoms with Crippen LogP contribution in [0, 0.1) is 0 Å². The molecule has 28 heavy (non-hydrogen) atoms. The Morgan fingerprint density at radius 1 is 1.07 bits per heavy atom. The molecule has 1 fully saturated rings. The number of carbonyl (C=O) groups excluding carboxylic acids is 1. The number of rotatable bonds is 8. The lowest BCUT2D eigenvalue weighted by molar-refractivity contribution is -0.119. The molecule has 0 aromatic heterocycles. The summed E-state index contributed by atoms with van der Waals surface area (Å²) in [4.78, 5) is 13.6. The fraction of sp³-hybridized carbons (Fsp3) is 0.458. The molecule has 1 heterocycles. The molecule has 0 spiro atoms. The SMILES string of the molecule is CC(=O)NC(C)Cc1ccc(-c2cccc(OCCN3CCCCC3)c2)cc1. The minimum atomic E-state index is 0.0150. The molecule has 0 radical (unpaired) electrons. The van der Waals surface area contributed by atoms with E-state index in [1.54, 1.807) is 6.92 Å². The molecule has 1 unspecified atom stereocenters. The molecule has 1 N–H and O–H groups in total. The fourth-order valence-electron chi connectivity index (χ4n) is 3.83. The van der Waals surface area contributed by atoms with E-state index in [1.807, 2.05) is 13.0 Å². The molecule has 1 atom stereocenters. The normalized spacial score (nSPS) is 15.8. The van der Waals surface area contributed by atoms with Crippen molar-refractivity contribution in [2.45, 2.75) is 45.6 Å². The first kappa shape index (κ1) is 20.4. The average molecular weight is 381 g/mol. The van der Waals surface area contributed by atoms with E-state index in [4.69, 9.17) is 4.74 Å². The number of hydrogen-bond acceptors (Lipinski definition) is 3. The molecule has 1 aliphatic rings. The van der Waals surface area contributed by atoms with Crippen molar-refractivity contribution in [3.8, 4) is 16.9 Å². The van der Waals surface area contributed by atoms with Crippen molar-refractivity contribution in [1.82, 2.24) is 10.2 Å². The number of ether oxygens (including phenoxy) is 1. The summed E-state index contributed by atoms with van der Waals surface area (Å²) in [6.07, 6.45) is 4.83. The lowest BCUT2D eigenvalue weighted by Gasteiger charge is -2.26. The maximum Gasteiger partial charge on any atom is 0.217 e. The first-order valence-electron chi connectivity index (χ1n) is 10.4. The van der Waals surface area contributed by atoms with Gasteiger partial charge < -0.3 is 10.1 Å². The minimum absolute atomic E-state index is 0.0150. The van der Waals surface area contributed by atoms with Crippen LogP contribution in [0.4, 0.5) is 0 Å². The van der Waals surface area contributed by atoms with Crippen molar-refractivity contribution in [2.24, 2.45) is 0 Å². The van der Waals surface area contributed by atoms with E-state index in [9.17, 15) is 4.79 Å². The summed E-state index contributed by atoms with van der Waals surface area (Å²) in [5, 5.41) is 2.93. The Morgan fingerprint density at radius 3 is 2.54 bits per heavy atom. The number of nitrogens with one attached hydrogen (secondary N) is 1. The Morgan fingerprint density at radius 2 is 1.82 bits per heavy atom. The number of hydrogen-bond donors (Lipinski definition) is 1. The summed E-state index contributed by atoms with van der Waals surface area (Å²) in [6.45, 7) is 7.74. The Labute approximate surface area is 168 Å². The highest BCUT2D eigenvalue weighted by Crippen LogP contribution is 2.24. The molecule has 0 saturated carbocycles. The maximum absolute atomic E-state index is 11.2. The van der Waals surface area contributed by atoms with Gasteiger partial charge in [0.2, 0.25) is 5.91 Å². The van der Waals surface area contributed by atoms with Crippen molar-refractivity contribution < 1.29 is 9.53 Å². The van der Waals surface area contributed by atoms with Crippen LogP contribution >= 0.6 is 0 Å². The monoisotopic (exact) mass is 380 g/mol. The maximum atomic E-state index is 11.2. The van der Waals surface area contributed by atoms with Crippen molar-refractivity contribution in [1.29, 1.82) is 0 Å². The van der Waals surface area contributed by atoms with E-state index in [2.05, 4.69) is 52.7 Å². The zero-order chi connectivity index (χ0) is 19.8. The lowest BCUT2D eigenvalue weighted by Crippen LogP contribution is -2.33. The largest absolute Gasteiger partial charge is 0.492 e. The van der Waals surface area contributed by atoms with Gasteiger partial charge in [0.25, 0.3) is 0 Å².